The Bertz CT molecular complexity index is 877. The molecule has 0 saturated heterocycles. The van der Waals surface area contributed by atoms with Gasteiger partial charge in [-0.25, -0.2) is 4.98 Å². The van der Waals surface area contributed by atoms with Crippen LogP contribution in [0.1, 0.15) is 57.6 Å². The van der Waals surface area contributed by atoms with Crippen LogP contribution in [0.2, 0.25) is 0 Å². The number of nitrogens with one attached hydrogen (secondary N) is 1. The predicted molar refractivity (Wildman–Crippen MR) is 113 cm³/mol. The van der Waals surface area contributed by atoms with E-state index < -0.39 is 4.92 Å². The van der Waals surface area contributed by atoms with Crippen LogP contribution in [0.4, 0.5) is 17.2 Å². The molecule has 1 N–H and O–H groups in total. The lowest BCUT2D eigenvalue weighted by Crippen LogP contribution is -2.48. The highest BCUT2D eigenvalue weighted by molar-refractivity contribution is 5.82. The van der Waals surface area contributed by atoms with Crippen molar-refractivity contribution in [3.63, 3.8) is 0 Å². The van der Waals surface area contributed by atoms with Crippen LogP contribution in [0, 0.1) is 10.1 Å². The number of fused-ring (bicyclic) bond motifs is 1. The Morgan fingerprint density at radius 3 is 2.82 bits per heavy atom. The summed E-state index contributed by atoms with van der Waals surface area (Å²) in [4.78, 5) is 16.7. The Balaban J connectivity index is 1.76. The molecule has 148 valence electrons. The summed E-state index contributed by atoms with van der Waals surface area (Å²) in [6, 6.07) is 9.40. The normalized spacial score (nSPS) is 18.1. The highest BCUT2D eigenvalue weighted by Gasteiger charge is 2.35. The quantitative estimate of drug-likeness (QED) is 0.435. The van der Waals surface area contributed by atoms with Gasteiger partial charge in [0.2, 0.25) is 0 Å². The summed E-state index contributed by atoms with van der Waals surface area (Å²) < 4.78 is 0. The molecule has 0 aliphatic carbocycles. The summed E-state index contributed by atoms with van der Waals surface area (Å²) in [5.41, 5.74) is 6.60. The molecular weight excluding hydrogens is 354 g/mol. The van der Waals surface area contributed by atoms with Crippen molar-refractivity contribution in [2.24, 2.45) is 5.10 Å². The monoisotopic (exact) mass is 381 g/mol. The maximum absolute atomic E-state index is 10.7. The number of hydrazone groups is 1. The molecule has 1 aromatic carbocycles. The average Bonchev–Trinajstić information content (AvgIpc) is 2.65. The number of nitro groups is 1. The van der Waals surface area contributed by atoms with Crippen LogP contribution < -0.4 is 10.3 Å². The van der Waals surface area contributed by atoms with Gasteiger partial charge < -0.3 is 4.90 Å². The molecule has 1 unspecified atom stereocenters. The zero-order chi connectivity index (χ0) is 20.3. The molecule has 1 aliphatic heterocycles. The third-order valence-corrected chi connectivity index (χ3v) is 5.21. The van der Waals surface area contributed by atoms with Crippen LogP contribution in [0.5, 0.6) is 0 Å². The van der Waals surface area contributed by atoms with E-state index in [1.165, 1.54) is 29.6 Å². The van der Waals surface area contributed by atoms with E-state index in [0.717, 1.165) is 24.9 Å². The zero-order valence-corrected chi connectivity index (χ0v) is 16.8. The number of nitrogens with zero attached hydrogens (tertiary/aromatic N) is 4. The molecule has 0 radical (unpaired) electrons. The fourth-order valence-electron chi connectivity index (χ4n) is 3.97. The maximum Gasteiger partial charge on any atom is 0.287 e. The molecular formula is C21H27N5O2. The lowest BCUT2D eigenvalue weighted by molar-refractivity contribution is -0.385. The summed E-state index contributed by atoms with van der Waals surface area (Å²) in [5, 5.41) is 14.9. The zero-order valence-electron chi connectivity index (χ0n) is 16.8. The van der Waals surface area contributed by atoms with Gasteiger partial charge in [0.1, 0.15) is 12.0 Å². The first-order valence-corrected chi connectivity index (χ1v) is 9.63. The third-order valence-electron chi connectivity index (χ3n) is 5.21. The molecule has 0 amide bonds. The average molecular weight is 381 g/mol. The fourth-order valence-corrected chi connectivity index (χ4v) is 3.97. The van der Waals surface area contributed by atoms with E-state index in [4.69, 9.17) is 0 Å². The number of pyridine rings is 1. The van der Waals surface area contributed by atoms with Crippen molar-refractivity contribution in [2.75, 3.05) is 16.9 Å². The molecule has 1 aliphatic rings. The molecule has 1 aromatic heterocycles. The van der Waals surface area contributed by atoms with Gasteiger partial charge in [-0.15, -0.1) is 0 Å². The number of hydrogen-bond acceptors (Lipinski definition) is 6. The van der Waals surface area contributed by atoms with Gasteiger partial charge in [-0.05, 0) is 61.9 Å². The highest BCUT2D eigenvalue weighted by Crippen LogP contribution is 2.43. The molecule has 2 heterocycles. The van der Waals surface area contributed by atoms with Crippen LogP contribution in [-0.2, 0) is 0 Å². The summed E-state index contributed by atoms with van der Waals surface area (Å²) in [7, 11) is 0. The Morgan fingerprint density at radius 2 is 2.18 bits per heavy atom. The Morgan fingerprint density at radius 1 is 1.39 bits per heavy atom. The lowest BCUT2D eigenvalue weighted by Gasteiger charge is -2.47. The van der Waals surface area contributed by atoms with Gasteiger partial charge in [0, 0.05) is 23.8 Å². The molecule has 0 bridgehead atoms. The van der Waals surface area contributed by atoms with Crippen LogP contribution in [0.3, 0.4) is 0 Å². The minimum absolute atomic E-state index is 0.0437. The molecule has 0 spiro atoms. The van der Waals surface area contributed by atoms with Gasteiger partial charge in [0.15, 0.2) is 0 Å². The Kier molecular flexibility index (Phi) is 5.63. The van der Waals surface area contributed by atoms with E-state index in [9.17, 15) is 10.1 Å². The lowest BCUT2D eigenvalue weighted by atomic mass is 9.79. The van der Waals surface area contributed by atoms with Crippen LogP contribution in [0.15, 0.2) is 41.6 Å². The van der Waals surface area contributed by atoms with E-state index in [0.29, 0.717) is 11.7 Å². The number of hydrogen-bond donors (Lipinski definition) is 1. The first-order chi connectivity index (χ1) is 13.3. The van der Waals surface area contributed by atoms with Gasteiger partial charge in [-0.1, -0.05) is 19.9 Å². The van der Waals surface area contributed by atoms with Gasteiger partial charge in [0.05, 0.1) is 11.1 Å². The molecule has 2 aromatic rings. The summed E-state index contributed by atoms with van der Waals surface area (Å²) in [6.07, 6.45) is 5.20. The van der Waals surface area contributed by atoms with Gasteiger partial charge in [0.25, 0.3) is 5.69 Å². The minimum atomic E-state index is -0.475. The van der Waals surface area contributed by atoms with Gasteiger partial charge in [-0.3, -0.25) is 15.5 Å². The fraction of sp³-hybridized carbons (Fsp3) is 0.429. The molecule has 0 saturated carbocycles. The van der Waals surface area contributed by atoms with Crippen molar-refractivity contribution in [3.05, 3.63) is 57.8 Å². The third kappa shape index (κ3) is 4.13. The predicted octanol–water partition coefficient (Wildman–Crippen LogP) is 4.94. The molecule has 0 fully saturated rings. The second-order valence-electron chi connectivity index (χ2n) is 7.92. The van der Waals surface area contributed by atoms with E-state index in [1.807, 2.05) is 0 Å². The maximum atomic E-state index is 10.7. The van der Waals surface area contributed by atoms with Gasteiger partial charge >= 0.3 is 0 Å². The number of rotatable bonds is 6. The van der Waals surface area contributed by atoms with E-state index in [-0.39, 0.29) is 11.2 Å². The van der Waals surface area contributed by atoms with Crippen molar-refractivity contribution >= 4 is 23.4 Å². The topological polar surface area (TPSA) is 83.7 Å². The minimum Gasteiger partial charge on any atom is -0.366 e. The van der Waals surface area contributed by atoms with Gasteiger partial charge in [-0.2, -0.15) is 5.10 Å². The highest BCUT2D eigenvalue weighted by atomic mass is 16.6. The van der Waals surface area contributed by atoms with Crippen molar-refractivity contribution in [2.45, 2.75) is 52.0 Å². The van der Waals surface area contributed by atoms with E-state index in [2.05, 4.69) is 66.3 Å². The molecule has 28 heavy (non-hydrogen) atoms. The first kappa shape index (κ1) is 19.8. The number of anilines is 2. The molecule has 7 heteroatoms. The van der Waals surface area contributed by atoms with E-state index in [1.54, 1.807) is 6.21 Å². The summed E-state index contributed by atoms with van der Waals surface area (Å²) >= 11 is 0. The Labute approximate surface area is 165 Å². The van der Waals surface area contributed by atoms with Crippen molar-refractivity contribution in [3.8, 4) is 0 Å². The second kappa shape index (κ2) is 7.96. The summed E-state index contributed by atoms with van der Waals surface area (Å²) in [5.74, 6) is 0.944. The molecule has 1 atom stereocenters. The van der Waals surface area contributed by atoms with Crippen molar-refractivity contribution < 1.29 is 4.92 Å². The smallest absolute Gasteiger partial charge is 0.287 e. The van der Waals surface area contributed by atoms with E-state index >= 15 is 0 Å². The van der Waals surface area contributed by atoms with Crippen molar-refractivity contribution in [1.82, 2.24) is 4.98 Å². The molecule has 3 rings (SSSR count). The van der Waals surface area contributed by atoms with Crippen LogP contribution >= 0.6 is 0 Å². The SMILES string of the molecule is CCCN1c2ccc(/C=N\Nc3ccc([N+](=O)[O-])cn3)cc2C(C)CC1(C)C. The largest absolute Gasteiger partial charge is 0.366 e. The number of benzene rings is 1. The number of aromatic nitrogens is 1. The second-order valence-corrected chi connectivity index (χ2v) is 7.92. The first-order valence-electron chi connectivity index (χ1n) is 9.63. The Hall–Kier alpha value is -2.96. The van der Waals surface area contributed by atoms with Crippen LogP contribution in [0.25, 0.3) is 0 Å². The van der Waals surface area contributed by atoms with Crippen LogP contribution in [-0.4, -0.2) is 28.2 Å². The van der Waals surface area contributed by atoms with Crippen molar-refractivity contribution in [1.29, 1.82) is 0 Å². The molecule has 7 nitrogen and oxygen atoms in total. The standard InChI is InChI=1S/C21H27N5O2/c1-5-10-25-19-8-6-16(11-18(19)15(2)12-21(25,3)4)13-23-24-20-9-7-17(14-22-20)26(27)28/h6-9,11,13-15H,5,10,12H2,1-4H3,(H,22,24)/b23-13-. The summed E-state index contributed by atoms with van der Waals surface area (Å²) in [6.45, 7) is 10.2.